The fourth-order valence-corrected chi connectivity index (χ4v) is 2.87. The zero-order valence-electron chi connectivity index (χ0n) is 16.5. The van der Waals surface area contributed by atoms with Crippen LogP contribution in [0.2, 0.25) is 0 Å². The molecule has 0 aromatic heterocycles. The van der Waals surface area contributed by atoms with E-state index < -0.39 is 6.10 Å². The molecule has 0 spiro atoms. The zero-order valence-corrected chi connectivity index (χ0v) is 16.5. The predicted octanol–water partition coefficient (Wildman–Crippen LogP) is 3.84. The quantitative estimate of drug-likeness (QED) is 0.519. The maximum absolute atomic E-state index is 12.1. The Balaban J connectivity index is 1.44. The lowest BCUT2D eigenvalue weighted by Crippen LogP contribution is -2.21. The van der Waals surface area contributed by atoms with E-state index in [4.69, 9.17) is 4.74 Å². The monoisotopic (exact) mass is 390 g/mol. The second kappa shape index (κ2) is 10.4. The van der Waals surface area contributed by atoms with Gasteiger partial charge in [0, 0.05) is 18.8 Å². The highest BCUT2D eigenvalue weighted by atomic mass is 16.5. The average Bonchev–Trinajstić information content (AvgIpc) is 2.75. The van der Waals surface area contributed by atoms with Crippen LogP contribution >= 0.6 is 0 Å². The molecule has 0 aliphatic carbocycles. The number of ether oxygens (including phenoxy) is 1. The molecule has 3 N–H and O–H groups in total. The van der Waals surface area contributed by atoms with Crippen LogP contribution in [0.3, 0.4) is 0 Å². The summed E-state index contributed by atoms with van der Waals surface area (Å²) in [5.41, 5.74) is 3.79. The summed E-state index contributed by atoms with van der Waals surface area (Å²) in [5, 5.41) is 16.3. The highest BCUT2D eigenvalue weighted by Gasteiger charge is 2.07. The summed E-state index contributed by atoms with van der Waals surface area (Å²) in [6.07, 6.45) is -0.555. The summed E-state index contributed by atoms with van der Waals surface area (Å²) in [6.45, 7) is 2.99. The number of benzene rings is 3. The zero-order chi connectivity index (χ0) is 20.5. The van der Waals surface area contributed by atoms with Gasteiger partial charge in [0.05, 0.1) is 6.10 Å². The first kappa shape index (κ1) is 20.6. The van der Waals surface area contributed by atoms with Crippen molar-refractivity contribution in [1.29, 1.82) is 0 Å². The molecule has 1 atom stereocenters. The van der Waals surface area contributed by atoms with Gasteiger partial charge in [0.25, 0.3) is 5.91 Å². The standard InChI is InChI=1S/C24H26N2O3/c1-18-10-12-21(13-11-18)26-24(28)17-29-22-9-5-6-19(14-22)15-25-16-23(27)20-7-3-2-4-8-20/h2-14,23,25,27H,15-17H2,1H3,(H,26,28)/t23-/m1/s1. The first-order valence-corrected chi connectivity index (χ1v) is 9.62. The molecule has 0 heterocycles. The summed E-state index contributed by atoms with van der Waals surface area (Å²) >= 11 is 0. The first-order valence-electron chi connectivity index (χ1n) is 9.62. The van der Waals surface area contributed by atoms with Gasteiger partial charge in [-0.1, -0.05) is 60.2 Å². The Morgan fingerprint density at radius 2 is 1.76 bits per heavy atom. The third kappa shape index (κ3) is 6.75. The SMILES string of the molecule is Cc1ccc(NC(=O)COc2cccc(CNC[C@@H](O)c3ccccc3)c2)cc1. The number of hydrogen-bond donors (Lipinski definition) is 3. The second-order valence-electron chi connectivity index (χ2n) is 6.91. The lowest BCUT2D eigenvalue weighted by atomic mass is 10.1. The van der Waals surface area contributed by atoms with E-state index in [0.717, 1.165) is 22.4 Å². The van der Waals surface area contributed by atoms with Crippen molar-refractivity contribution in [2.75, 3.05) is 18.5 Å². The van der Waals surface area contributed by atoms with E-state index in [2.05, 4.69) is 10.6 Å². The van der Waals surface area contributed by atoms with Gasteiger partial charge in [-0.2, -0.15) is 0 Å². The van der Waals surface area contributed by atoms with Crippen LogP contribution in [0.25, 0.3) is 0 Å². The van der Waals surface area contributed by atoms with Gasteiger partial charge in [0.1, 0.15) is 5.75 Å². The van der Waals surface area contributed by atoms with Crippen molar-refractivity contribution in [3.63, 3.8) is 0 Å². The maximum atomic E-state index is 12.1. The van der Waals surface area contributed by atoms with Gasteiger partial charge < -0.3 is 20.5 Å². The predicted molar refractivity (Wildman–Crippen MR) is 115 cm³/mol. The minimum atomic E-state index is -0.555. The van der Waals surface area contributed by atoms with E-state index >= 15 is 0 Å². The van der Waals surface area contributed by atoms with Gasteiger partial charge in [-0.05, 0) is 42.3 Å². The average molecular weight is 390 g/mol. The van der Waals surface area contributed by atoms with Crippen molar-refractivity contribution in [2.45, 2.75) is 19.6 Å². The number of amides is 1. The maximum Gasteiger partial charge on any atom is 0.262 e. The van der Waals surface area contributed by atoms with Crippen LogP contribution in [0.5, 0.6) is 5.75 Å². The number of nitrogens with one attached hydrogen (secondary N) is 2. The Bertz CT molecular complexity index is 911. The minimum absolute atomic E-state index is 0.0581. The highest BCUT2D eigenvalue weighted by molar-refractivity contribution is 5.91. The number of aliphatic hydroxyl groups is 1. The molecule has 5 heteroatoms. The first-order chi connectivity index (χ1) is 14.1. The largest absolute Gasteiger partial charge is 0.484 e. The molecular weight excluding hydrogens is 364 g/mol. The van der Waals surface area contributed by atoms with Crippen molar-refractivity contribution in [3.8, 4) is 5.75 Å². The number of aliphatic hydroxyl groups excluding tert-OH is 1. The lowest BCUT2D eigenvalue weighted by molar-refractivity contribution is -0.118. The summed E-state index contributed by atoms with van der Waals surface area (Å²) in [6, 6.07) is 24.8. The van der Waals surface area contributed by atoms with Crippen LogP contribution in [0.15, 0.2) is 78.9 Å². The van der Waals surface area contributed by atoms with E-state index in [1.807, 2.05) is 85.8 Å². The molecule has 5 nitrogen and oxygen atoms in total. The van der Waals surface area contributed by atoms with Crippen LogP contribution in [0.1, 0.15) is 22.8 Å². The van der Waals surface area contributed by atoms with Gasteiger partial charge in [-0.15, -0.1) is 0 Å². The molecule has 0 saturated carbocycles. The van der Waals surface area contributed by atoms with Gasteiger partial charge >= 0.3 is 0 Å². The van der Waals surface area contributed by atoms with E-state index in [-0.39, 0.29) is 12.5 Å². The fourth-order valence-electron chi connectivity index (χ4n) is 2.87. The molecule has 29 heavy (non-hydrogen) atoms. The van der Waals surface area contributed by atoms with Gasteiger partial charge in [-0.25, -0.2) is 0 Å². The van der Waals surface area contributed by atoms with Crippen LogP contribution in [0.4, 0.5) is 5.69 Å². The number of carbonyl (C=O) groups excluding carboxylic acids is 1. The van der Waals surface area contributed by atoms with Crippen molar-refractivity contribution in [2.24, 2.45) is 0 Å². The molecule has 0 saturated heterocycles. The minimum Gasteiger partial charge on any atom is -0.484 e. The molecule has 150 valence electrons. The highest BCUT2D eigenvalue weighted by Crippen LogP contribution is 2.15. The second-order valence-corrected chi connectivity index (χ2v) is 6.91. The molecular formula is C24H26N2O3. The third-order valence-corrected chi connectivity index (χ3v) is 4.45. The van der Waals surface area contributed by atoms with Gasteiger partial charge in [0.2, 0.25) is 0 Å². The Kier molecular flexibility index (Phi) is 7.39. The third-order valence-electron chi connectivity index (χ3n) is 4.45. The Labute approximate surface area is 171 Å². The Morgan fingerprint density at radius 1 is 1.00 bits per heavy atom. The van der Waals surface area contributed by atoms with Crippen LogP contribution < -0.4 is 15.4 Å². The van der Waals surface area contributed by atoms with E-state index in [9.17, 15) is 9.90 Å². The van der Waals surface area contributed by atoms with Crippen molar-refractivity contribution < 1.29 is 14.6 Å². The molecule has 3 aromatic rings. The van der Waals surface area contributed by atoms with Crippen LogP contribution in [0, 0.1) is 6.92 Å². The molecule has 0 aliphatic heterocycles. The number of hydrogen-bond acceptors (Lipinski definition) is 4. The summed E-state index contributed by atoms with van der Waals surface area (Å²) in [5.74, 6) is 0.426. The fraction of sp³-hybridized carbons (Fsp3) is 0.208. The normalized spacial score (nSPS) is 11.7. The Hall–Kier alpha value is -3.15. The van der Waals surface area contributed by atoms with E-state index in [0.29, 0.717) is 18.8 Å². The van der Waals surface area contributed by atoms with Gasteiger partial charge in [-0.3, -0.25) is 4.79 Å². The number of rotatable bonds is 9. The molecule has 0 aliphatic rings. The molecule has 1 amide bonds. The van der Waals surface area contributed by atoms with Crippen LogP contribution in [-0.4, -0.2) is 24.2 Å². The number of aryl methyl sites for hydroxylation is 1. The van der Waals surface area contributed by atoms with Crippen molar-refractivity contribution >= 4 is 11.6 Å². The molecule has 3 aromatic carbocycles. The lowest BCUT2D eigenvalue weighted by Gasteiger charge is -2.13. The summed E-state index contributed by atoms with van der Waals surface area (Å²) < 4.78 is 5.61. The Morgan fingerprint density at radius 3 is 2.52 bits per heavy atom. The van der Waals surface area contributed by atoms with Crippen LogP contribution in [-0.2, 0) is 11.3 Å². The molecule has 0 bridgehead atoms. The van der Waals surface area contributed by atoms with Gasteiger partial charge in [0.15, 0.2) is 6.61 Å². The molecule has 0 fully saturated rings. The molecule has 0 unspecified atom stereocenters. The summed E-state index contributed by atoms with van der Waals surface area (Å²) in [7, 11) is 0. The molecule has 3 rings (SSSR count). The topological polar surface area (TPSA) is 70.6 Å². The smallest absolute Gasteiger partial charge is 0.262 e. The number of carbonyl (C=O) groups is 1. The van der Waals surface area contributed by atoms with E-state index in [1.54, 1.807) is 0 Å². The van der Waals surface area contributed by atoms with E-state index in [1.165, 1.54) is 0 Å². The molecule has 0 radical (unpaired) electrons. The van der Waals surface area contributed by atoms with Crippen molar-refractivity contribution in [3.05, 3.63) is 95.6 Å². The van der Waals surface area contributed by atoms with Crippen molar-refractivity contribution in [1.82, 2.24) is 5.32 Å². The summed E-state index contributed by atoms with van der Waals surface area (Å²) in [4.78, 5) is 12.1. The number of anilines is 1.